The number of carbonyl (C=O) groups is 1. The summed E-state index contributed by atoms with van der Waals surface area (Å²) in [5, 5.41) is 10.3. The minimum absolute atomic E-state index is 0.153. The van der Waals surface area contributed by atoms with Gasteiger partial charge >= 0.3 is 5.97 Å². The van der Waals surface area contributed by atoms with E-state index in [4.69, 9.17) is 9.84 Å². The minimum Gasteiger partial charge on any atom is -0.494 e. The van der Waals surface area contributed by atoms with E-state index in [2.05, 4.69) is 4.98 Å². The molecule has 21 heavy (non-hydrogen) atoms. The van der Waals surface area contributed by atoms with Gasteiger partial charge in [-0.15, -0.1) is 0 Å². The van der Waals surface area contributed by atoms with Crippen LogP contribution in [0.25, 0.3) is 10.8 Å². The van der Waals surface area contributed by atoms with Crippen LogP contribution in [0.3, 0.4) is 0 Å². The number of pyridine rings is 1. The number of carboxylic acids is 1. The van der Waals surface area contributed by atoms with Gasteiger partial charge in [0.1, 0.15) is 12.4 Å². The van der Waals surface area contributed by atoms with Gasteiger partial charge in [-0.3, -0.25) is 4.79 Å². The SMILES string of the molecule is CCCN(CC(=O)O)c1nccc2cc(OC)c(F)cc12. The van der Waals surface area contributed by atoms with Crippen molar-refractivity contribution in [2.45, 2.75) is 13.3 Å². The first-order valence-electron chi connectivity index (χ1n) is 6.65. The molecule has 0 atom stereocenters. The molecule has 112 valence electrons. The van der Waals surface area contributed by atoms with Gasteiger partial charge in [0.15, 0.2) is 11.6 Å². The predicted octanol–water partition coefficient (Wildman–Crippen LogP) is 2.68. The molecule has 0 unspecified atom stereocenters. The number of benzene rings is 1. The molecular weight excluding hydrogens is 275 g/mol. The maximum atomic E-state index is 13.9. The third-order valence-electron chi connectivity index (χ3n) is 3.13. The summed E-state index contributed by atoms with van der Waals surface area (Å²) in [4.78, 5) is 16.9. The highest BCUT2D eigenvalue weighted by Crippen LogP contribution is 2.30. The summed E-state index contributed by atoms with van der Waals surface area (Å²) in [5.41, 5.74) is 0. The average Bonchev–Trinajstić information content (AvgIpc) is 2.45. The highest BCUT2D eigenvalue weighted by atomic mass is 19.1. The number of hydrogen-bond donors (Lipinski definition) is 1. The molecule has 0 fully saturated rings. The zero-order valence-electron chi connectivity index (χ0n) is 12.0. The van der Waals surface area contributed by atoms with Crippen LogP contribution in [0.1, 0.15) is 13.3 Å². The molecule has 2 rings (SSSR count). The first-order valence-corrected chi connectivity index (χ1v) is 6.65. The Morgan fingerprint density at radius 2 is 2.24 bits per heavy atom. The summed E-state index contributed by atoms with van der Waals surface area (Å²) >= 11 is 0. The molecule has 5 nitrogen and oxygen atoms in total. The summed E-state index contributed by atoms with van der Waals surface area (Å²) < 4.78 is 18.9. The molecule has 0 spiro atoms. The Balaban J connectivity index is 2.56. The number of aliphatic carboxylic acids is 1. The fraction of sp³-hybridized carbons (Fsp3) is 0.333. The standard InChI is InChI=1S/C15H17FN2O3/c1-3-6-18(9-14(19)20)15-11-8-12(16)13(21-2)7-10(11)4-5-17-15/h4-5,7-8H,3,6,9H2,1-2H3,(H,19,20). The second-order valence-electron chi connectivity index (χ2n) is 4.66. The molecule has 1 N–H and O–H groups in total. The fourth-order valence-corrected chi connectivity index (χ4v) is 2.26. The molecule has 0 bridgehead atoms. The Bertz CT molecular complexity index is 661. The van der Waals surface area contributed by atoms with E-state index in [-0.39, 0.29) is 12.3 Å². The molecule has 1 heterocycles. The Morgan fingerprint density at radius 1 is 1.48 bits per heavy atom. The van der Waals surface area contributed by atoms with Crippen molar-refractivity contribution >= 4 is 22.6 Å². The largest absolute Gasteiger partial charge is 0.494 e. The van der Waals surface area contributed by atoms with Gasteiger partial charge in [0.2, 0.25) is 0 Å². The molecule has 0 saturated heterocycles. The lowest BCUT2D eigenvalue weighted by Crippen LogP contribution is -2.31. The van der Waals surface area contributed by atoms with Crippen molar-refractivity contribution in [1.29, 1.82) is 0 Å². The number of methoxy groups -OCH3 is 1. The molecule has 6 heteroatoms. The zero-order chi connectivity index (χ0) is 15.4. The van der Waals surface area contributed by atoms with Crippen molar-refractivity contribution in [2.75, 3.05) is 25.1 Å². The van der Waals surface area contributed by atoms with E-state index in [1.807, 2.05) is 6.92 Å². The van der Waals surface area contributed by atoms with Crippen LogP contribution >= 0.6 is 0 Å². The van der Waals surface area contributed by atoms with E-state index in [1.165, 1.54) is 13.2 Å². The topological polar surface area (TPSA) is 62.7 Å². The number of rotatable bonds is 6. The monoisotopic (exact) mass is 292 g/mol. The molecule has 0 saturated carbocycles. The minimum atomic E-state index is -0.948. The maximum absolute atomic E-state index is 13.9. The van der Waals surface area contributed by atoms with Gasteiger partial charge in [0.05, 0.1) is 7.11 Å². The van der Waals surface area contributed by atoms with Crippen LogP contribution in [-0.4, -0.2) is 36.3 Å². The summed E-state index contributed by atoms with van der Waals surface area (Å²) in [6.07, 6.45) is 2.35. The molecule has 0 aliphatic rings. The average molecular weight is 292 g/mol. The number of aromatic nitrogens is 1. The number of halogens is 1. The van der Waals surface area contributed by atoms with Crippen molar-refractivity contribution in [3.05, 3.63) is 30.2 Å². The van der Waals surface area contributed by atoms with Gasteiger partial charge < -0.3 is 14.7 Å². The molecule has 0 amide bonds. The number of fused-ring (bicyclic) bond motifs is 1. The lowest BCUT2D eigenvalue weighted by molar-refractivity contribution is -0.135. The van der Waals surface area contributed by atoms with E-state index in [0.29, 0.717) is 17.7 Å². The van der Waals surface area contributed by atoms with Crippen LogP contribution in [-0.2, 0) is 4.79 Å². The number of ether oxygens (including phenoxy) is 1. The van der Waals surface area contributed by atoms with Gasteiger partial charge in [0, 0.05) is 18.1 Å². The van der Waals surface area contributed by atoms with Crippen molar-refractivity contribution < 1.29 is 19.0 Å². The Labute approximate surface area is 122 Å². The van der Waals surface area contributed by atoms with E-state index < -0.39 is 11.8 Å². The maximum Gasteiger partial charge on any atom is 0.323 e. The van der Waals surface area contributed by atoms with E-state index in [1.54, 1.807) is 23.2 Å². The number of nitrogens with zero attached hydrogens (tertiary/aromatic N) is 2. The molecule has 1 aromatic carbocycles. The first kappa shape index (κ1) is 15.0. The third-order valence-corrected chi connectivity index (χ3v) is 3.13. The number of carboxylic acid groups (broad SMARTS) is 1. The molecule has 2 aromatic rings. The summed E-state index contributed by atoms with van der Waals surface area (Å²) in [6, 6.07) is 4.66. The van der Waals surface area contributed by atoms with E-state index >= 15 is 0 Å². The normalized spacial score (nSPS) is 10.6. The summed E-state index contributed by atoms with van der Waals surface area (Å²) in [6.45, 7) is 2.31. The molecule has 0 radical (unpaired) electrons. The summed E-state index contributed by atoms with van der Waals surface area (Å²) in [5.74, 6) is -0.819. The molecule has 1 aromatic heterocycles. The van der Waals surface area contributed by atoms with Crippen LogP contribution < -0.4 is 9.64 Å². The van der Waals surface area contributed by atoms with Crippen molar-refractivity contribution in [3.8, 4) is 5.75 Å². The first-order chi connectivity index (χ1) is 10.1. The Morgan fingerprint density at radius 3 is 2.86 bits per heavy atom. The Kier molecular flexibility index (Phi) is 4.57. The molecular formula is C15H17FN2O3. The predicted molar refractivity (Wildman–Crippen MR) is 78.4 cm³/mol. The number of hydrogen-bond acceptors (Lipinski definition) is 4. The second-order valence-corrected chi connectivity index (χ2v) is 4.66. The lowest BCUT2D eigenvalue weighted by atomic mass is 10.1. The van der Waals surface area contributed by atoms with E-state index in [0.717, 1.165) is 11.8 Å². The van der Waals surface area contributed by atoms with Gasteiger partial charge in [-0.1, -0.05) is 6.92 Å². The zero-order valence-corrected chi connectivity index (χ0v) is 12.0. The van der Waals surface area contributed by atoms with E-state index in [9.17, 15) is 9.18 Å². The van der Waals surface area contributed by atoms with Crippen LogP contribution in [0, 0.1) is 5.82 Å². The summed E-state index contributed by atoms with van der Waals surface area (Å²) in [7, 11) is 1.40. The third kappa shape index (κ3) is 3.21. The smallest absolute Gasteiger partial charge is 0.323 e. The highest BCUT2D eigenvalue weighted by molar-refractivity contribution is 5.94. The Hall–Kier alpha value is -2.37. The van der Waals surface area contributed by atoms with Crippen LogP contribution in [0.5, 0.6) is 5.75 Å². The molecule has 0 aliphatic heterocycles. The van der Waals surface area contributed by atoms with Gasteiger partial charge in [-0.25, -0.2) is 9.37 Å². The lowest BCUT2D eigenvalue weighted by Gasteiger charge is -2.22. The van der Waals surface area contributed by atoms with Crippen molar-refractivity contribution in [1.82, 2.24) is 4.98 Å². The molecule has 0 aliphatic carbocycles. The van der Waals surface area contributed by atoms with Gasteiger partial charge in [0.25, 0.3) is 0 Å². The number of anilines is 1. The highest BCUT2D eigenvalue weighted by Gasteiger charge is 2.16. The van der Waals surface area contributed by atoms with Gasteiger partial charge in [-0.2, -0.15) is 0 Å². The second kappa shape index (κ2) is 6.39. The van der Waals surface area contributed by atoms with Crippen LogP contribution in [0.4, 0.5) is 10.2 Å². The van der Waals surface area contributed by atoms with Crippen molar-refractivity contribution in [2.24, 2.45) is 0 Å². The van der Waals surface area contributed by atoms with Crippen molar-refractivity contribution in [3.63, 3.8) is 0 Å². The van der Waals surface area contributed by atoms with Crippen LogP contribution in [0.15, 0.2) is 24.4 Å². The fourth-order valence-electron chi connectivity index (χ4n) is 2.26. The van der Waals surface area contributed by atoms with Crippen LogP contribution in [0.2, 0.25) is 0 Å². The van der Waals surface area contributed by atoms with Gasteiger partial charge in [-0.05, 0) is 30.0 Å². The quantitative estimate of drug-likeness (QED) is 0.887.